The molecule has 0 aliphatic heterocycles. The Balaban J connectivity index is 2.54. The van der Waals surface area contributed by atoms with Gasteiger partial charge in [-0.25, -0.2) is 0 Å². The minimum atomic E-state index is -0.376. The monoisotopic (exact) mass is 246 g/mol. The number of nitrogens with zero attached hydrogens (tertiary/aromatic N) is 4. The Morgan fingerprint density at radius 2 is 2.22 bits per heavy atom. The summed E-state index contributed by atoms with van der Waals surface area (Å²) >= 11 is 0. The standard InChI is InChI=1S/C12H14N4O2/c1-3-7-15-8-13-14-12(15)10-5-4-6-11(9(10)2)16(17)18/h4-6,8H,3,7H2,1-2H3. The van der Waals surface area contributed by atoms with Gasteiger partial charge in [0, 0.05) is 23.7 Å². The highest BCUT2D eigenvalue weighted by Gasteiger charge is 2.17. The highest BCUT2D eigenvalue weighted by molar-refractivity contribution is 5.65. The van der Waals surface area contributed by atoms with Gasteiger partial charge in [-0.2, -0.15) is 0 Å². The molecular weight excluding hydrogens is 232 g/mol. The minimum absolute atomic E-state index is 0.110. The number of aryl methyl sites for hydroxylation is 1. The molecule has 0 amide bonds. The summed E-state index contributed by atoms with van der Waals surface area (Å²) in [5.74, 6) is 0.679. The predicted octanol–water partition coefficient (Wildman–Crippen LogP) is 2.57. The summed E-state index contributed by atoms with van der Waals surface area (Å²) in [5, 5.41) is 18.8. The van der Waals surface area contributed by atoms with Gasteiger partial charge >= 0.3 is 0 Å². The van der Waals surface area contributed by atoms with Crippen LogP contribution < -0.4 is 0 Å². The first kappa shape index (κ1) is 12.2. The average Bonchev–Trinajstić information content (AvgIpc) is 2.77. The Morgan fingerprint density at radius 1 is 1.44 bits per heavy atom. The first-order valence-corrected chi connectivity index (χ1v) is 5.77. The molecule has 1 aromatic heterocycles. The summed E-state index contributed by atoms with van der Waals surface area (Å²) in [5.41, 5.74) is 1.49. The summed E-state index contributed by atoms with van der Waals surface area (Å²) in [4.78, 5) is 10.5. The van der Waals surface area contributed by atoms with Gasteiger partial charge in [0.2, 0.25) is 0 Å². The molecule has 6 heteroatoms. The molecule has 0 fully saturated rings. The number of nitro benzene ring substituents is 1. The number of rotatable bonds is 4. The van der Waals surface area contributed by atoms with Crippen molar-refractivity contribution in [2.24, 2.45) is 0 Å². The second-order valence-electron chi connectivity index (χ2n) is 4.05. The van der Waals surface area contributed by atoms with E-state index in [1.807, 2.05) is 10.6 Å². The summed E-state index contributed by atoms with van der Waals surface area (Å²) < 4.78 is 1.91. The second kappa shape index (κ2) is 4.95. The molecule has 1 heterocycles. The Kier molecular flexibility index (Phi) is 3.36. The molecule has 0 atom stereocenters. The fourth-order valence-electron chi connectivity index (χ4n) is 1.93. The predicted molar refractivity (Wildman–Crippen MR) is 67.1 cm³/mol. The van der Waals surface area contributed by atoms with Gasteiger partial charge in [-0.1, -0.05) is 19.1 Å². The van der Waals surface area contributed by atoms with Crippen molar-refractivity contribution in [1.29, 1.82) is 0 Å². The van der Waals surface area contributed by atoms with Crippen LogP contribution in [0.4, 0.5) is 5.69 Å². The van der Waals surface area contributed by atoms with E-state index in [9.17, 15) is 10.1 Å². The van der Waals surface area contributed by atoms with E-state index in [4.69, 9.17) is 0 Å². The Labute approximate surface area is 104 Å². The maximum atomic E-state index is 10.9. The van der Waals surface area contributed by atoms with E-state index in [0.29, 0.717) is 11.4 Å². The van der Waals surface area contributed by atoms with Crippen molar-refractivity contribution in [3.05, 3.63) is 40.2 Å². The first-order chi connectivity index (χ1) is 8.65. The van der Waals surface area contributed by atoms with Gasteiger partial charge in [-0.15, -0.1) is 10.2 Å². The summed E-state index contributed by atoms with van der Waals surface area (Å²) in [6.45, 7) is 4.59. The number of hydrogen-bond donors (Lipinski definition) is 0. The van der Waals surface area contributed by atoms with Crippen LogP contribution >= 0.6 is 0 Å². The smallest absolute Gasteiger partial charge is 0.273 e. The van der Waals surface area contributed by atoms with Crippen LogP contribution in [0.5, 0.6) is 0 Å². The molecule has 0 aliphatic rings. The van der Waals surface area contributed by atoms with Gasteiger partial charge in [-0.05, 0) is 13.3 Å². The summed E-state index contributed by atoms with van der Waals surface area (Å²) in [6.07, 6.45) is 2.61. The Bertz CT molecular complexity index is 577. The molecular formula is C12H14N4O2. The van der Waals surface area contributed by atoms with Crippen LogP contribution in [0.15, 0.2) is 24.5 Å². The van der Waals surface area contributed by atoms with Crippen LogP contribution in [0.25, 0.3) is 11.4 Å². The molecule has 18 heavy (non-hydrogen) atoms. The summed E-state index contributed by atoms with van der Waals surface area (Å²) in [6, 6.07) is 5.00. The quantitative estimate of drug-likeness (QED) is 0.613. The van der Waals surface area contributed by atoms with Crippen molar-refractivity contribution < 1.29 is 4.92 Å². The third-order valence-electron chi connectivity index (χ3n) is 2.82. The van der Waals surface area contributed by atoms with E-state index in [0.717, 1.165) is 18.5 Å². The normalized spacial score (nSPS) is 10.6. The minimum Gasteiger partial charge on any atom is -0.314 e. The number of nitro groups is 1. The van der Waals surface area contributed by atoms with Crippen LogP contribution in [-0.4, -0.2) is 19.7 Å². The van der Waals surface area contributed by atoms with E-state index >= 15 is 0 Å². The van der Waals surface area contributed by atoms with Crippen molar-refractivity contribution >= 4 is 5.69 Å². The third-order valence-corrected chi connectivity index (χ3v) is 2.82. The maximum absolute atomic E-state index is 10.9. The van der Waals surface area contributed by atoms with E-state index in [-0.39, 0.29) is 10.6 Å². The van der Waals surface area contributed by atoms with Gasteiger partial charge in [0.05, 0.1) is 4.92 Å². The highest BCUT2D eigenvalue weighted by Crippen LogP contribution is 2.28. The van der Waals surface area contributed by atoms with E-state index < -0.39 is 0 Å². The topological polar surface area (TPSA) is 73.8 Å². The molecule has 0 unspecified atom stereocenters. The third kappa shape index (κ3) is 2.09. The lowest BCUT2D eigenvalue weighted by atomic mass is 10.1. The zero-order chi connectivity index (χ0) is 13.1. The van der Waals surface area contributed by atoms with Crippen LogP contribution in [-0.2, 0) is 6.54 Å². The van der Waals surface area contributed by atoms with E-state index in [1.54, 1.807) is 19.3 Å². The Hall–Kier alpha value is -2.24. The highest BCUT2D eigenvalue weighted by atomic mass is 16.6. The van der Waals surface area contributed by atoms with Gasteiger partial charge in [0.1, 0.15) is 6.33 Å². The van der Waals surface area contributed by atoms with Crippen molar-refractivity contribution in [1.82, 2.24) is 14.8 Å². The van der Waals surface area contributed by atoms with Gasteiger partial charge in [-0.3, -0.25) is 10.1 Å². The number of aromatic nitrogens is 3. The average molecular weight is 246 g/mol. The molecule has 2 rings (SSSR count). The molecule has 0 saturated carbocycles. The van der Waals surface area contributed by atoms with Gasteiger partial charge in [0.25, 0.3) is 5.69 Å². The fraction of sp³-hybridized carbons (Fsp3) is 0.333. The molecule has 1 aromatic carbocycles. The first-order valence-electron chi connectivity index (χ1n) is 5.77. The Morgan fingerprint density at radius 3 is 2.89 bits per heavy atom. The molecule has 0 bridgehead atoms. The lowest BCUT2D eigenvalue weighted by Crippen LogP contribution is -2.01. The lowest BCUT2D eigenvalue weighted by molar-refractivity contribution is -0.385. The van der Waals surface area contributed by atoms with Crippen LogP contribution in [0.1, 0.15) is 18.9 Å². The molecule has 0 radical (unpaired) electrons. The zero-order valence-electron chi connectivity index (χ0n) is 10.3. The fourth-order valence-corrected chi connectivity index (χ4v) is 1.93. The van der Waals surface area contributed by atoms with Crippen molar-refractivity contribution in [2.75, 3.05) is 0 Å². The van der Waals surface area contributed by atoms with E-state index in [2.05, 4.69) is 17.1 Å². The van der Waals surface area contributed by atoms with Crippen LogP contribution in [0, 0.1) is 17.0 Å². The van der Waals surface area contributed by atoms with Crippen molar-refractivity contribution in [2.45, 2.75) is 26.8 Å². The molecule has 0 aliphatic carbocycles. The number of hydrogen-bond acceptors (Lipinski definition) is 4. The molecule has 0 spiro atoms. The van der Waals surface area contributed by atoms with E-state index in [1.165, 1.54) is 6.07 Å². The largest absolute Gasteiger partial charge is 0.314 e. The maximum Gasteiger partial charge on any atom is 0.273 e. The molecule has 6 nitrogen and oxygen atoms in total. The van der Waals surface area contributed by atoms with Crippen LogP contribution in [0.2, 0.25) is 0 Å². The van der Waals surface area contributed by atoms with Gasteiger partial charge in [0.15, 0.2) is 5.82 Å². The van der Waals surface area contributed by atoms with Crippen LogP contribution in [0.3, 0.4) is 0 Å². The van der Waals surface area contributed by atoms with Crippen molar-refractivity contribution in [3.8, 4) is 11.4 Å². The van der Waals surface area contributed by atoms with Crippen molar-refractivity contribution in [3.63, 3.8) is 0 Å². The molecule has 0 saturated heterocycles. The molecule has 0 N–H and O–H groups in total. The lowest BCUT2D eigenvalue weighted by Gasteiger charge is -2.07. The zero-order valence-corrected chi connectivity index (χ0v) is 10.3. The second-order valence-corrected chi connectivity index (χ2v) is 4.05. The summed E-state index contributed by atoms with van der Waals surface area (Å²) in [7, 11) is 0. The molecule has 2 aromatic rings. The molecule has 94 valence electrons. The SMILES string of the molecule is CCCn1cnnc1-c1cccc([N+](=O)[O-])c1C. The number of benzene rings is 1. The van der Waals surface area contributed by atoms with Gasteiger partial charge < -0.3 is 4.57 Å².